The van der Waals surface area contributed by atoms with Crippen LogP contribution in [0.25, 0.3) is 0 Å². The highest BCUT2D eigenvalue weighted by Crippen LogP contribution is 2.22. The zero-order chi connectivity index (χ0) is 23.2. The third-order valence-corrected chi connectivity index (χ3v) is 6.53. The average molecular weight is 457 g/mol. The molecule has 2 unspecified atom stereocenters. The second-order valence-corrected chi connectivity index (χ2v) is 9.80. The third-order valence-electron chi connectivity index (χ3n) is 4.76. The molecule has 0 saturated carbocycles. The summed E-state index contributed by atoms with van der Waals surface area (Å²) in [7, 11) is -0.225. The molecule has 1 aromatic carbocycles. The van der Waals surface area contributed by atoms with E-state index in [1.54, 1.807) is 19.9 Å². The van der Waals surface area contributed by atoms with Crippen LogP contribution in [0.1, 0.15) is 30.6 Å². The largest absolute Gasteiger partial charge is 0.497 e. The van der Waals surface area contributed by atoms with Crippen molar-refractivity contribution in [3.8, 4) is 11.5 Å². The number of rotatable bonds is 9. The summed E-state index contributed by atoms with van der Waals surface area (Å²) < 4.78 is 38.3. The molecule has 0 bridgehead atoms. The number of sulfone groups is 1. The summed E-state index contributed by atoms with van der Waals surface area (Å²) in [6.45, 7) is 2.88. The van der Waals surface area contributed by atoms with E-state index in [1.165, 1.54) is 26.4 Å². The maximum absolute atomic E-state index is 12.7. The maximum atomic E-state index is 12.7. The molecule has 31 heavy (non-hydrogen) atoms. The number of hydrogen-bond donors (Lipinski definition) is 2. The fourth-order valence-corrected chi connectivity index (χ4v) is 4.74. The molecule has 0 radical (unpaired) electrons. The lowest BCUT2D eigenvalue weighted by atomic mass is 10.0. The number of benzene rings is 1. The maximum Gasteiger partial charge on any atom is 0.329 e. The first kappa shape index (κ1) is 24.4. The van der Waals surface area contributed by atoms with Crippen LogP contribution in [0, 0.1) is 5.92 Å². The van der Waals surface area contributed by atoms with Crippen LogP contribution in [-0.4, -0.2) is 70.6 Å². The zero-order valence-electron chi connectivity index (χ0n) is 18.0. The standard InChI is InChI=1S/C20H28N2O8S/c1-12(2)18(22-19(24)13-7-15(28-3)9-16(8-13)29-4)20(25)30-10-17(23)21-14-5-6-31(26,27)11-14/h7-9,12,14,18H,5-6,10-11H2,1-4H3,(H,21,23)(H,22,24). The Morgan fingerprint density at radius 2 is 1.71 bits per heavy atom. The molecule has 2 N–H and O–H groups in total. The molecule has 2 rings (SSSR count). The van der Waals surface area contributed by atoms with Crippen LogP contribution in [0.4, 0.5) is 0 Å². The lowest BCUT2D eigenvalue weighted by Gasteiger charge is -2.21. The number of nitrogens with one attached hydrogen (secondary N) is 2. The quantitative estimate of drug-likeness (QED) is 0.507. The van der Waals surface area contributed by atoms with E-state index in [0.717, 1.165) is 0 Å². The van der Waals surface area contributed by atoms with Crippen molar-refractivity contribution >= 4 is 27.6 Å². The van der Waals surface area contributed by atoms with Crippen molar-refractivity contribution in [2.45, 2.75) is 32.4 Å². The van der Waals surface area contributed by atoms with E-state index in [0.29, 0.717) is 17.9 Å². The zero-order valence-corrected chi connectivity index (χ0v) is 18.8. The van der Waals surface area contributed by atoms with Gasteiger partial charge in [0.25, 0.3) is 11.8 Å². The smallest absolute Gasteiger partial charge is 0.329 e. The minimum atomic E-state index is -3.13. The molecule has 1 aliphatic rings. The lowest BCUT2D eigenvalue weighted by molar-refractivity contribution is -0.151. The van der Waals surface area contributed by atoms with Crippen LogP contribution >= 0.6 is 0 Å². The molecule has 1 heterocycles. The van der Waals surface area contributed by atoms with Gasteiger partial charge in [0.2, 0.25) is 0 Å². The van der Waals surface area contributed by atoms with Crippen molar-refractivity contribution in [1.29, 1.82) is 0 Å². The molecule has 1 fully saturated rings. The van der Waals surface area contributed by atoms with Gasteiger partial charge in [0.05, 0.1) is 25.7 Å². The Labute approximate surface area is 181 Å². The second kappa shape index (κ2) is 10.5. The summed E-state index contributed by atoms with van der Waals surface area (Å²) >= 11 is 0. The highest BCUT2D eigenvalue weighted by Gasteiger charge is 2.30. The first-order chi connectivity index (χ1) is 14.5. The van der Waals surface area contributed by atoms with Gasteiger partial charge < -0.3 is 24.8 Å². The van der Waals surface area contributed by atoms with Crippen molar-refractivity contribution in [2.24, 2.45) is 5.92 Å². The van der Waals surface area contributed by atoms with Crippen molar-refractivity contribution in [2.75, 3.05) is 32.3 Å². The van der Waals surface area contributed by atoms with Crippen molar-refractivity contribution in [1.82, 2.24) is 10.6 Å². The predicted molar refractivity (Wildman–Crippen MR) is 112 cm³/mol. The van der Waals surface area contributed by atoms with Gasteiger partial charge >= 0.3 is 5.97 Å². The SMILES string of the molecule is COc1cc(OC)cc(C(=O)NC(C(=O)OCC(=O)NC2CCS(=O)(=O)C2)C(C)C)c1. The summed E-state index contributed by atoms with van der Waals surface area (Å²) in [5.74, 6) is -1.48. The van der Waals surface area contributed by atoms with E-state index >= 15 is 0 Å². The summed E-state index contributed by atoms with van der Waals surface area (Å²) in [5.41, 5.74) is 0.231. The van der Waals surface area contributed by atoms with Crippen LogP contribution in [0.15, 0.2) is 18.2 Å². The first-order valence-electron chi connectivity index (χ1n) is 9.75. The van der Waals surface area contributed by atoms with E-state index in [9.17, 15) is 22.8 Å². The molecular weight excluding hydrogens is 428 g/mol. The number of methoxy groups -OCH3 is 2. The predicted octanol–water partition coefficient (Wildman–Crippen LogP) is 0.305. The molecule has 172 valence electrons. The van der Waals surface area contributed by atoms with Crippen molar-refractivity contribution in [3.05, 3.63) is 23.8 Å². The normalized spacial score (nSPS) is 18.2. The molecule has 1 saturated heterocycles. The van der Waals surface area contributed by atoms with Gasteiger partial charge in [0.15, 0.2) is 16.4 Å². The van der Waals surface area contributed by atoms with Gasteiger partial charge in [-0.05, 0) is 24.5 Å². The van der Waals surface area contributed by atoms with E-state index in [2.05, 4.69) is 10.6 Å². The summed E-state index contributed by atoms with van der Waals surface area (Å²) in [6.07, 6.45) is 0.330. The Bertz CT molecular complexity index is 907. The summed E-state index contributed by atoms with van der Waals surface area (Å²) in [6, 6.07) is 3.14. The molecule has 0 aromatic heterocycles. The van der Waals surface area contributed by atoms with Crippen molar-refractivity contribution in [3.63, 3.8) is 0 Å². The molecule has 2 atom stereocenters. The van der Waals surface area contributed by atoms with E-state index < -0.39 is 46.3 Å². The van der Waals surface area contributed by atoms with Crippen LogP contribution in [0.2, 0.25) is 0 Å². The van der Waals surface area contributed by atoms with E-state index in [-0.39, 0.29) is 23.0 Å². The Balaban J connectivity index is 1.96. The van der Waals surface area contributed by atoms with E-state index in [1.807, 2.05) is 0 Å². The molecule has 1 aliphatic heterocycles. The van der Waals surface area contributed by atoms with Gasteiger partial charge in [-0.1, -0.05) is 13.8 Å². The first-order valence-corrected chi connectivity index (χ1v) is 11.6. The second-order valence-electron chi connectivity index (χ2n) is 7.57. The van der Waals surface area contributed by atoms with Crippen LogP contribution in [-0.2, 0) is 24.2 Å². The monoisotopic (exact) mass is 456 g/mol. The fourth-order valence-electron chi connectivity index (χ4n) is 3.07. The average Bonchev–Trinajstić information content (AvgIpc) is 3.07. The number of amides is 2. The summed E-state index contributed by atoms with van der Waals surface area (Å²) in [5, 5.41) is 5.15. The molecular formula is C20H28N2O8S. The van der Waals surface area contributed by atoms with Crippen molar-refractivity contribution < 1.29 is 37.0 Å². The lowest BCUT2D eigenvalue weighted by Crippen LogP contribution is -2.46. The van der Waals surface area contributed by atoms with Gasteiger partial charge in [0, 0.05) is 17.7 Å². The van der Waals surface area contributed by atoms with Crippen LogP contribution in [0.3, 0.4) is 0 Å². The molecule has 10 nitrogen and oxygen atoms in total. The van der Waals surface area contributed by atoms with Gasteiger partial charge in [0.1, 0.15) is 17.5 Å². The van der Waals surface area contributed by atoms with Gasteiger partial charge in [-0.2, -0.15) is 0 Å². The summed E-state index contributed by atoms with van der Waals surface area (Å²) in [4.78, 5) is 37.1. The van der Waals surface area contributed by atoms with Gasteiger partial charge in [-0.15, -0.1) is 0 Å². The molecule has 2 amide bonds. The van der Waals surface area contributed by atoms with E-state index in [4.69, 9.17) is 14.2 Å². The minimum Gasteiger partial charge on any atom is -0.497 e. The molecule has 11 heteroatoms. The van der Waals surface area contributed by atoms with Gasteiger partial charge in [-0.25, -0.2) is 13.2 Å². The van der Waals surface area contributed by atoms with Gasteiger partial charge in [-0.3, -0.25) is 9.59 Å². The minimum absolute atomic E-state index is 0.0221. The van der Waals surface area contributed by atoms with Crippen LogP contribution in [0.5, 0.6) is 11.5 Å². The highest BCUT2D eigenvalue weighted by molar-refractivity contribution is 7.91. The molecule has 0 aliphatic carbocycles. The number of hydrogen-bond acceptors (Lipinski definition) is 8. The Kier molecular flexibility index (Phi) is 8.26. The molecule has 0 spiro atoms. The Morgan fingerprint density at radius 3 is 2.19 bits per heavy atom. The highest BCUT2D eigenvalue weighted by atomic mass is 32.2. The number of esters is 1. The number of carbonyl (C=O) groups is 3. The third kappa shape index (κ3) is 7.12. The van der Waals surface area contributed by atoms with Crippen LogP contribution < -0.4 is 20.1 Å². The number of ether oxygens (including phenoxy) is 3. The Morgan fingerprint density at radius 1 is 1.10 bits per heavy atom. The molecule has 1 aromatic rings. The number of carbonyl (C=O) groups excluding carboxylic acids is 3. The topological polar surface area (TPSA) is 137 Å². The Hall–Kier alpha value is -2.82. The fraction of sp³-hybridized carbons (Fsp3) is 0.550.